The van der Waals surface area contributed by atoms with Crippen LogP contribution in [-0.2, 0) is 11.2 Å². The number of allylic oxidation sites excluding steroid dienone is 2. The fraction of sp³-hybridized carbons (Fsp3) is 0.391. The molecular weight excluding hydrogens is 354 g/mol. The molecule has 1 aromatic rings. The second kappa shape index (κ2) is 14.1. The Morgan fingerprint density at radius 1 is 1.25 bits per heavy atom. The Kier molecular flexibility index (Phi) is 12.6. The van der Waals surface area contributed by atoms with Crippen molar-refractivity contribution in [1.29, 1.82) is 5.26 Å². The summed E-state index contributed by atoms with van der Waals surface area (Å²) in [6, 6.07) is 7.45. The van der Waals surface area contributed by atoms with Gasteiger partial charge in [-0.25, -0.2) is 4.79 Å². The fourth-order valence-corrected chi connectivity index (χ4v) is 2.67. The first-order chi connectivity index (χ1) is 13.4. The molecular formula is C23H29NO4. The average Bonchev–Trinajstić information content (AvgIpc) is 2.71. The second-order valence-electron chi connectivity index (χ2n) is 6.35. The van der Waals surface area contributed by atoms with Crippen molar-refractivity contribution in [3.05, 3.63) is 58.4 Å². The molecule has 0 aliphatic heterocycles. The number of carboxylic acids is 1. The van der Waals surface area contributed by atoms with Gasteiger partial charge in [-0.2, -0.15) is 5.26 Å². The van der Waals surface area contributed by atoms with Crippen LogP contribution in [0.25, 0.3) is 0 Å². The summed E-state index contributed by atoms with van der Waals surface area (Å²) in [6.45, 7) is 3.40. The van der Waals surface area contributed by atoms with Gasteiger partial charge in [0.1, 0.15) is 5.76 Å². The third-order valence-electron chi connectivity index (χ3n) is 4.32. The first-order valence-electron chi connectivity index (χ1n) is 9.19. The van der Waals surface area contributed by atoms with E-state index in [1.807, 2.05) is 19.1 Å². The Hall–Kier alpha value is -3.02. The van der Waals surface area contributed by atoms with Gasteiger partial charge in [0.2, 0.25) is 0 Å². The molecule has 0 saturated heterocycles. The maximum atomic E-state index is 11.0. The van der Waals surface area contributed by atoms with E-state index >= 15 is 0 Å². The van der Waals surface area contributed by atoms with Crippen molar-refractivity contribution in [1.82, 2.24) is 0 Å². The molecule has 1 aliphatic carbocycles. The number of carbonyl (C=O) groups is 1. The Balaban J connectivity index is 0.000000670. The van der Waals surface area contributed by atoms with Gasteiger partial charge in [-0.1, -0.05) is 37.5 Å². The van der Waals surface area contributed by atoms with Crippen molar-refractivity contribution in [2.75, 3.05) is 0 Å². The molecule has 0 heterocycles. The maximum Gasteiger partial charge on any atom is 0.339 e. The van der Waals surface area contributed by atoms with E-state index in [1.54, 1.807) is 13.0 Å². The molecule has 0 spiro atoms. The summed E-state index contributed by atoms with van der Waals surface area (Å²) < 4.78 is 0. The molecule has 0 radical (unpaired) electrons. The van der Waals surface area contributed by atoms with Crippen LogP contribution >= 0.6 is 0 Å². The van der Waals surface area contributed by atoms with Crippen molar-refractivity contribution in [3.8, 4) is 18.9 Å². The number of aryl methyl sites for hydroxylation is 1. The molecule has 1 fully saturated rings. The highest BCUT2D eigenvalue weighted by Gasteiger charge is 2.11. The van der Waals surface area contributed by atoms with Gasteiger partial charge in [-0.15, -0.1) is 12.8 Å². The molecule has 0 bridgehead atoms. The molecule has 2 rings (SSSR count). The van der Waals surface area contributed by atoms with Gasteiger partial charge in [0.15, 0.2) is 0 Å². The highest BCUT2D eigenvalue weighted by molar-refractivity contribution is 5.90. The summed E-state index contributed by atoms with van der Waals surface area (Å²) >= 11 is 0. The molecule has 3 N–H and O–H groups in total. The van der Waals surface area contributed by atoms with Crippen LogP contribution in [0.2, 0.25) is 0 Å². The predicted octanol–water partition coefficient (Wildman–Crippen LogP) is 4.44. The summed E-state index contributed by atoms with van der Waals surface area (Å²) in [5.74, 6) is -1.44. The second-order valence-corrected chi connectivity index (χ2v) is 6.35. The van der Waals surface area contributed by atoms with Crippen molar-refractivity contribution in [3.63, 3.8) is 0 Å². The van der Waals surface area contributed by atoms with Crippen molar-refractivity contribution >= 4 is 5.97 Å². The molecule has 28 heavy (non-hydrogen) atoms. The van der Waals surface area contributed by atoms with E-state index in [0.29, 0.717) is 12.0 Å². The maximum absolute atomic E-state index is 11.0. The van der Waals surface area contributed by atoms with Gasteiger partial charge in [0.25, 0.3) is 0 Å². The molecule has 0 aromatic heterocycles. The summed E-state index contributed by atoms with van der Waals surface area (Å²) in [4.78, 5) is 11.0. The average molecular weight is 383 g/mol. The van der Waals surface area contributed by atoms with Crippen LogP contribution in [0.5, 0.6) is 0 Å². The largest absolute Gasteiger partial charge is 0.507 e. The number of aliphatic hydroxyl groups excluding tert-OH is 2. The van der Waals surface area contributed by atoms with Crippen LogP contribution in [0.3, 0.4) is 0 Å². The Morgan fingerprint density at radius 2 is 1.86 bits per heavy atom. The molecule has 150 valence electrons. The number of benzene rings is 1. The van der Waals surface area contributed by atoms with Gasteiger partial charge < -0.3 is 15.3 Å². The number of carboxylic acid groups (broad SMARTS) is 1. The number of rotatable bonds is 4. The van der Waals surface area contributed by atoms with E-state index in [4.69, 9.17) is 15.5 Å². The predicted molar refractivity (Wildman–Crippen MR) is 111 cm³/mol. The number of terminal acetylenes is 1. The quantitative estimate of drug-likeness (QED) is 0.309. The SMILES string of the molecule is C#C.C/C=C(O)\C(=C/Cc1ccc(C)c(C#N)c1)C(=O)O.OC1CCCCC1. The van der Waals surface area contributed by atoms with Crippen molar-refractivity contribution < 1.29 is 20.1 Å². The Morgan fingerprint density at radius 3 is 2.29 bits per heavy atom. The molecule has 5 nitrogen and oxygen atoms in total. The third kappa shape index (κ3) is 9.07. The summed E-state index contributed by atoms with van der Waals surface area (Å²) in [7, 11) is 0. The van der Waals surface area contributed by atoms with Crippen LogP contribution in [0.1, 0.15) is 55.7 Å². The van der Waals surface area contributed by atoms with Crippen LogP contribution in [0, 0.1) is 31.1 Å². The zero-order valence-corrected chi connectivity index (χ0v) is 16.6. The summed E-state index contributed by atoms with van der Waals surface area (Å²) in [6.07, 6.45) is 17.0. The number of aliphatic hydroxyl groups is 2. The van der Waals surface area contributed by atoms with Gasteiger partial charge in [-0.05, 0) is 56.4 Å². The smallest absolute Gasteiger partial charge is 0.339 e. The number of hydrogen-bond donors (Lipinski definition) is 3. The van der Waals surface area contributed by atoms with Crippen LogP contribution in [0.4, 0.5) is 0 Å². The number of hydrogen-bond acceptors (Lipinski definition) is 4. The van der Waals surface area contributed by atoms with Crippen LogP contribution < -0.4 is 0 Å². The summed E-state index contributed by atoms with van der Waals surface area (Å²) in [5, 5.41) is 36.3. The molecule has 1 aromatic carbocycles. The molecule has 1 aliphatic rings. The number of nitrogens with zero attached hydrogens (tertiary/aromatic N) is 1. The first-order valence-corrected chi connectivity index (χ1v) is 9.19. The topological polar surface area (TPSA) is 102 Å². The standard InChI is InChI=1S/C15H15NO3.C6H12O.C2H2/c1-3-14(17)13(15(18)19)7-6-11-5-4-10(2)12(8-11)9-16;7-6-4-2-1-3-5-6;1-2/h3-5,7-8,17H,6H2,1-2H3,(H,18,19);6-7H,1-5H2;1-2H/b13-7+,14-3+;;. The van der Waals surface area contributed by atoms with E-state index in [2.05, 4.69) is 18.9 Å². The minimum atomic E-state index is -1.18. The Bertz CT molecular complexity index is 748. The van der Waals surface area contributed by atoms with E-state index in [-0.39, 0.29) is 17.4 Å². The number of nitriles is 1. The lowest BCUT2D eigenvalue weighted by Gasteiger charge is -2.14. The molecule has 0 atom stereocenters. The van der Waals surface area contributed by atoms with Crippen molar-refractivity contribution in [2.45, 2.75) is 58.5 Å². The molecule has 1 saturated carbocycles. The van der Waals surface area contributed by atoms with Gasteiger partial charge >= 0.3 is 5.97 Å². The molecule has 0 unspecified atom stereocenters. The third-order valence-corrected chi connectivity index (χ3v) is 4.32. The number of aliphatic carboxylic acids is 1. The van der Waals surface area contributed by atoms with Crippen molar-refractivity contribution in [2.24, 2.45) is 0 Å². The summed E-state index contributed by atoms with van der Waals surface area (Å²) in [5.41, 5.74) is 2.13. The molecule has 5 heteroatoms. The fourth-order valence-electron chi connectivity index (χ4n) is 2.67. The lowest BCUT2D eigenvalue weighted by molar-refractivity contribution is -0.132. The normalized spacial score (nSPS) is 14.6. The Labute approximate surface area is 167 Å². The zero-order valence-electron chi connectivity index (χ0n) is 16.6. The minimum Gasteiger partial charge on any atom is -0.507 e. The monoisotopic (exact) mass is 383 g/mol. The van der Waals surface area contributed by atoms with E-state index in [9.17, 15) is 9.90 Å². The highest BCUT2D eigenvalue weighted by Crippen LogP contribution is 2.16. The van der Waals surface area contributed by atoms with Gasteiger partial charge in [0.05, 0.1) is 23.3 Å². The lowest BCUT2D eigenvalue weighted by atomic mass is 9.98. The van der Waals surface area contributed by atoms with E-state index < -0.39 is 5.97 Å². The minimum absolute atomic E-state index is 0.0359. The van der Waals surface area contributed by atoms with Gasteiger partial charge in [0, 0.05) is 0 Å². The van der Waals surface area contributed by atoms with Crippen LogP contribution in [0.15, 0.2) is 41.7 Å². The zero-order chi connectivity index (χ0) is 21.5. The van der Waals surface area contributed by atoms with E-state index in [0.717, 1.165) is 24.0 Å². The first kappa shape index (κ1) is 25.0. The van der Waals surface area contributed by atoms with E-state index in [1.165, 1.54) is 31.4 Å². The molecule has 0 amide bonds. The van der Waals surface area contributed by atoms with Crippen LogP contribution in [-0.4, -0.2) is 27.4 Å². The highest BCUT2D eigenvalue weighted by atomic mass is 16.4. The lowest BCUT2D eigenvalue weighted by Crippen LogP contribution is -2.09. The van der Waals surface area contributed by atoms with Gasteiger partial charge in [-0.3, -0.25) is 0 Å².